The molecule has 0 aromatic heterocycles. The minimum atomic E-state index is -1.08. The van der Waals surface area contributed by atoms with Gasteiger partial charge in [-0.15, -0.1) is 0 Å². The number of amides is 1. The second-order valence-electron chi connectivity index (χ2n) is 5.79. The first kappa shape index (κ1) is 17.9. The Kier molecular flexibility index (Phi) is 6.77. The van der Waals surface area contributed by atoms with Gasteiger partial charge in [-0.1, -0.05) is 75.4 Å². The molecule has 1 aromatic rings. The number of benzene rings is 1. The van der Waals surface area contributed by atoms with Gasteiger partial charge in [0.2, 0.25) is 6.41 Å². The molecule has 3 heteroatoms. The largest absolute Gasteiger partial charge is 0.342 e. The van der Waals surface area contributed by atoms with Gasteiger partial charge in [0.25, 0.3) is 0 Å². The van der Waals surface area contributed by atoms with Crippen LogP contribution in [-0.2, 0) is 15.1 Å². The monoisotopic (exact) mass is 299 g/mol. The first-order valence-corrected chi connectivity index (χ1v) is 7.60. The molecular formula is C19H25NO2. The number of hydrogen-bond donors (Lipinski definition) is 1. The summed E-state index contributed by atoms with van der Waals surface area (Å²) in [6.07, 6.45) is 11.4. The zero-order valence-corrected chi connectivity index (χ0v) is 13.6. The third kappa shape index (κ3) is 3.94. The van der Waals surface area contributed by atoms with Crippen LogP contribution in [0.15, 0.2) is 54.6 Å². The van der Waals surface area contributed by atoms with Gasteiger partial charge < -0.3 is 10.1 Å². The summed E-state index contributed by atoms with van der Waals surface area (Å²) in [6, 6.07) is 9.33. The second-order valence-corrected chi connectivity index (χ2v) is 5.79. The molecule has 0 fully saturated rings. The summed E-state index contributed by atoms with van der Waals surface area (Å²) >= 11 is 0. The average Bonchev–Trinajstić information content (AvgIpc) is 2.53. The van der Waals surface area contributed by atoms with Crippen LogP contribution in [0.3, 0.4) is 0 Å². The average molecular weight is 299 g/mol. The van der Waals surface area contributed by atoms with Crippen LogP contribution in [0.5, 0.6) is 0 Å². The Bertz CT molecular complexity index is 532. The number of carbonyl (C=O) groups excluding carboxylic acids is 2. The van der Waals surface area contributed by atoms with E-state index in [2.05, 4.69) is 24.4 Å². The first-order chi connectivity index (χ1) is 10.5. The van der Waals surface area contributed by atoms with E-state index in [1.54, 1.807) is 0 Å². The van der Waals surface area contributed by atoms with Gasteiger partial charge in [0.1, 0.15) is 5.54 Å². The molecule has 3 nitrogen and oxygen atoms in total. The molecule has 0 aliphatic carbocycles. The summed E-state index contributed by atoms with van der Waals surface area (Å²) in [4.78, 5) is 23.0. The lowest BCUT2D eigenvalue weighted by atomic mass is 9.68. The number of allylic oxidation sites excluding steroid dienone is 3. The summed E-state index contributed by atoms with van der Waals surface area (Å²) in [7, 11) is 0. The van der Waals surface area contributed by atoms with Crippen molar-refractivity contribution in [3.8, 4) is 0 Å². The van der Waals surface area contributed by atoms with Gasteiger partial charge in [-0.3, -0.25) is 4.79 Å². The fraction of sp³-hybridized carbons (Fsp3) is 0.368. The predicted octanol–water partition coefficient (Wildman–Crippen LogP) is 3.77. The number of hydrogen-bond acceptors (Lipinski definition) is 2. The second kappa shape index (κ2) is 8.32. The van der Waals surface area contributed by atoms with Gasteiger partial charge in [0, 0.05) is 5.41 Å². The van der Waals surface area contributed by atoms with E-state index in [1.165, 1.54) is 0 Å². The minimum absolute atomic E-state index is 0.558. The van der Waals surface area contributed by atoms with E-state index in [9.17, 15) is 9.59 Å². The summed E-state index contributed by atoms with van der Waals surface area (Å²) in [6.45, 7) is 5.99. The Morgan fingerprint density at radius 1 is 1.05 bits per heavy atom. The van der Waals surface area contributed by atoms with Crippen molar-refractivity contribution in [2.75, 3.05) is 0 Å². The molecule has 118 valence electrons. The van der Waals surface area contributed by atoms with E-state index in [0.717, 1.165) is 24.7 Å². The minimum Gasteiger partial charge on any atom is -0.342 e. The Hall–Kier alpha value is -2.16. The molecule has 0 heterocycles. The van der Waals surface area contributed by atoms with Crippen LogP contribution >= 0.6 is 0 Å². The molecule has 1 atom stereocenters. The van der Waals surface area contributed by atoms with Gasteiger partial charge in [-0.2, -0.15) is 0 Å². The standard InChI is InChI=1S/C19H25NO2/c1-4-5-6-7-11-14-18(2,3)19(15-21,20-16-22)17-12-9-8-10-13-17/h5-6,8-16H,4,7H2,1-3H3,(H,20,22)/b6-5-,14-11-. The summed E-state index contributed by atoms with van der Waals surface area (Å²) in [5, 5.41) is 2.74. The predicted molar refractivity (Wildman–Crippen MR) is 90.4 cm³/mol. The number of carbonyl (C=O) groups is 2. The number of nitrogens with one attached hydrogen (secondary N) is 1. The van der Waals surface area contributed by atoms with Crippen molar-refractivity contribution >= 4 is 12.7 Å². The van der Waals surface area contributed by atoms with Crippen molar-refractivity contribution in [3.63, 3.8) is 0 Å². The van der Waals surface area contributed by atoms with Gasteiger partial charge >= 0.3 is 0 Å². The van der Waals surface area contributed by atoms with E-state index in [-0.39, 0.29) is 0 Å². The number of aldehydes is 1. The SMILES string of the molecule is CC/C=C\C/C=C\C(C)(C)C(C=O)(NC=O)c1ccccc1. The molecule has 0 spiro atoms. The smallest absolute Gasteiger partial charge is 0.208 e. The highest BCUT2D eigenvalue weighted by atomic mass is 16.1. The molecule has 1 amide bonds. The Morgan fingerprint density at radius 2 is 1.73 bits per heavy atom. The highest BCUT2D eigenvalue weighted by molar-refractivity contribution is 5.74. The van der Waals surface area contributed by atoms with Crippen molar-refractivity contribution in [1.29, 1.82) is 0 Å². The van der Waals surface area contributed by atoms with E-state index < -0.39 is 11.0 Å². The molecule has 1 aromatic carbocycles. The lowest BCUT2D eigenvalue weighted by molar-refractivity contribution is -0.123. The lowest BCUT2D eigenvalue weighted by Gasteiger charge is -2.41. The molecule has 1 unspecified atom stereocenters. The van der Waals surface area contributed by atoms with Crippen LogP contribution in [0.2, 0.25) is 0 Å². The van der Waals surface area contributed by atoms with Crippen molar-refractivity contribution < 1.29 is 9.59 Å². The summed E-state index contributed by atoms with van der Waals surface area (Å²) in [5.41, 5.74) is -0.867. The zero-order valence-electron chi connectivity index (χ0n) is 13.6. The van der Waals surface area contributed by atoms with Crippen molar-refractivity contribution in [3.05, 3.63) is 60.2 Å². The summed E-state index contributed by atoms with van der Waals surface area (Å²) in [5.74, 6) is 0. The molecule has 0 aliphatic heterocycles. The molecule has 1 rings (SSSR count). The highest BCUT2D eigenvalue weighted by Gasteiger charge is 2.44. The molecular weight excluding hydrogens is 274 g/mol. The maximum absolute atomic E-state index is 11.9. The molecule has 0 saturated heterocycles. The van der Waals surface area contributed by atoms with E-state index in [4.69, 9.17) is 0 Å². The quantitative estimate of drug-likeness (QED) is 0.557. The molecule has 1 N–H and O–H groups in total. The fourth-order valence-electron chi connectivity index (χ4n) is 2.52. The van der Waals surface area contributed by atoms with Crippen LogP contribution < -0.4 is 5.32 Å². The normalized spacial score (nSPS) is 14.9. The van der Waals surface area contributed by atoms with Crippen LogP contribution in [0, 0.1) is 5.41 Å². The van der Waals surface area contributed by atoms with Crippen molar-refractivity contribution in [2.24, 2.45) is 5.41 Å². The van der Waals surface area contributed by atoms with Crippen LogP contribution in [0.25, 0.3) is 0 Å². The number of rotatable bonds is 9. The van der Waals surface area contributed by atoms with E-state index in [0.29, 0.717) is 6.41 Å². The molecule has 22 heavy (non-hydrogen) atoms. The maximum atomic E-state index is 11.9. The third-order valence-corrected chi connectivity index (χ3v) is 3.92. The van der Waals surface area contributed by atoms with Crippen molar-refractivity contribution in [2.45, 2.75) is 39.2 Å². The lowest BCUT2D eigenvalue weighted by Crippen LogP contribution is -2.53. The maximum Gasteiger partial charge on any atom is 0.208 e. The Morgan fingerprint density at radius 3 is 2.27 bits per heavy atom. The zero-order chi connectivity index (χ0) is 16.5. The Labute approximate surface area is 133 Å². The van der Waals surface area contributed by atoms with Gasteiger partial charge in [-0.25, -0.2) is 0 Å². The molecule has 0 aliphatic rings. The van der Waals surface area contributed by atoms with Gasteiger partial charge in [0.05, 0.1) is 0 Å². The first-order valence-electron chi connectivity index (χ1n) is 7.60. The van der Waals surface area contributed by atoms with E-state index >= 15 is 0 Å². The molecule has 0 saturated carbocycles. The van der Waals surface area contributed by atoms with Crippen LogP contribution in [-0.4, -0.2) is 12.7 Å². The fourth-order valence-corrected chi connectivity index (χ4v) is 2.52. The third-order valence-electron chi connectivity index (χ3n) is 3.92. The molecule has 0 radical (unpaired) electrons. The van der Waals surface area contributed by atoms with Crippen LogP contribution in [0.1, 0.15) is 39.2 Å². The topological polar surface area (TPSA) is 46.2 Å². The van der Waals surface area contributed by atoms with Crippen LogP contribution in [0.4, 0.5) is 0 Å². The van der Waals surface area contributed by atoms with Crippen molar-refractivity contribution in [1.82, 2.24) is 5.32 Å². The van der Waals surface area contributed by atoms with Gasteiger partial charge in [-0.05, 0) is 18.4 Å². The highest BCUT2D eigenvalue weighted by Crippen LogP contribution is 2.39. The Balaban J connectivity index is 3.17. The van der Waals surface area contributed by atoms with Gasteiger partial charge in [0.15, 0.2) is 6.29 Å². The van der Waals surface area contributed by atoms with E-state index in [1.807, 2.05) is 56.3 Å². The summed E-state index contributed by atoms with van der Waals surface area (Å²) < 4.78 is 0. The molecule has 0 bridgehead atoms.